The van der Waals surface area contributed by atoms with Crippen molar-refractivity contribution in [2.24, 2.45) is 0 Å². The fraction of sp³-hybridized carbons (Fsp3) is 0.556. The highest BCUT2D eigenvalue weighted by molar-refractivity contribution is 5.57. The van der Waals surface area contributed by atoms with E-state index >= 15 is 0 Å². The zero-order valence-electron chi connectivity index (χ0n) is 13.6. The molecule has 4 rings (SSSR count). The Morgan fingerprint density at radius 2 is 1.65 bits per heavy atom. The Labute approximate surface area is 137 Å². The summed E-state index contributed by atoms with van der Waals surface area (Å²) in [5.41, 5.74) is 2.19. The largest absolute Gasteiger partial charge is 0.317 e. The van der Waals surface area contributed by atoms with Gasteiger partial charge < -0.3 is 10.2 Å². The van der Waals surface area contributed by atoms with Gasteiger partial charge >= 0.3 is 0 Å². The Balaban J connectivity index is 1.38. The summed E-state index contributed by atoms with van der Waals surface area (Å²) in [6.07, 6.45) is 10.8. The highest BCUT2D eigenvalue weighted by atomic mass is 15.3. The first-order valence-corrected chi connectivity index (χ1v) is 8.80. The first-order chi connectivity index (χ1) is 11.4. The van der Waals surface area contributed by atoms with E-state index in [4.69, 9.17) is 5.10 Å². The predicted molar refractivity (Wildman–Crippen MR) is 91.2 cm³/mol. The van der Waals surface area contributed by atoms with Gasteiger partial charge in [-0.2, -0.15) is 5.10 Å². The number of nitrogens with one attached hydrogen (secondary N) is 1. The molecule has 4 heterocycles. The Morgan fingerprint density at radius 1 is 0.913 bits per heavy atom. The third kappa shape index (κ3) is 3.31. The van der Waals surface area contributed by atoms with Gasteiger partial charge in [0.25, 0.3) is 0 Å². The highest BCUT2D eigenvalue weighted by Crippen LogP contribution is 2.26. The van der Waals surface area contributed by atoms with Crippen LogP contribution in [0.25, 0.3) is 11.3 Å². The minimum absolute atomic E-state index is 0.545. The molecule has 2 aliphatic rings. The molecule has 2 aliphatic heterocycles. The van der Waals surface area contributed by atoms with Gasteiger partial charge in [0.15, 0.2) is 0 Å². The normalized spacial score (nSPS) is 21.6. The van der Waals surface area contributed by atoms with Crippen molar-refractivity contribution in [1.82, 2.24) is 25.0 Å². The van der Waals surface area contributed by atoms with Crippen LogP contribution in [0.2, 0.25) is 0 Å². The Morgan fingerprint density at radius 3 is 2.39 bits per heavy atom. The fourth-order valence-corrected chi connectivity index (χ4v) is 3.91. The lowest BCUT2D eigenvalue weighted by Crippen LogP contribution is -2.46. The van der Waals surface area contributed by atoms with Gasteiger partial charge in [0.05, 0.1) is 11.7 Å². The van der Waals surface area contributed by atoms with Crippen molar-refractivity contribution >= 4 is 0 Å². The first kappa shape index (κ1) is 14.8. The van der Waals surface area contributed by atoms with E-state index in [9.17, 15) is 0 Å². The lowest BCUT2D eigenvalue weighted by Gasteiger charge is -2.39. The van der Waals surface area contributed by atoms with Crippen LogP contribution >= 0.6 is 0 Å². The van der Waals surface area contributed by atoms with E-state index in [0.717, 1.165) is 17.3 Å². The van der Waals surface area contributed by atoms with Gasteiger partial charge in [0.2, 0.25) is 0 Å². The van der Waals surface area contributed by atoms with Gasteiger partial charge in [-0.05, 0) is 57.0 Å². The molecular formula is C18H25N5. The molecule has 5 nitrogen and oxygen atoms in total. The zero-order chi connectivity index (χ0) is 15.5. The quantitative estimate of drug-likeness (QED) is 0.945. The van der Waals surface area contributed by atoms with E-state index in [2.05, 4.69) is 32.1 Å². The number of aromatic nitrogens is 3. The van der Waals surface area contributed by atoms with Crippen molar-refractivity contribution in [3.63, 3.8) is 0 Å². The third-order valence-electron chi connectivity index (χ3n) is 5.28. The van der Waals surface area contributed by atoms with Crippen LogP contribution in [0, 0.1) is 0 Å². The predicted octanol–water partition coefficient (Wildman–Crippen LogP) is 2.33. The molecule has 2 saturated heterocycles. The lowest BCUT2D eigenvalue weighted by atomic mass is 9.99. The molecule has 0 aliphatic carbocycles. The molecule has 122 valence electrons. The van der Waals surface area contributed by atoms with Crippen LogP contribution in [0.5, 0.6) is 0 Å². The maximum absolute atomic E-state index is 4.80. The van der Waals surface area contributed by atoms with Crippen molar-refractivity contribution in [3.8, 4) is 11.3 Å². The van der Waals surface area contributed by atoms with Crippen molar-refractivity contribution in [3.05, 3.63) is 36.8 Å². The molecular weight excluding hydrogens is 286 g/mol. The molecule has 0 spiro atoms. The Hall–Kier alpha value is -1.72. The van der Waals surface area contributed by atoms with Crippen LogP contribution in [0.15, 0.2) is 36.8 Å². The van der Waals surface area contributed by atoms with Crippen LogP contribution in [0.4, 0.5) is 0 Å². The van der Waals surface area contributed by atoms with Crippen LogP contribution < -0.4 is 5.32 Å². The van der Waals surface area contributed by atoms with E-state index in [0.29, 0.717) is 6.04 Å². The monoisotopic (exact) mass is 311 g/mol. The molecule has 2 aromatic rings. The summed E-state index contributed by atoms with van der Waals surface area (Å²) in [5, 5.41) is 8.26. The summed E-state index contributed by atoms with van der Waals surface area (Å²) in [5.74, 6) is 0. The second-order valence-corrected chi connectivity index (χ2v) is 6.67. The van der Waals surface area contributed by atoms with Gasteiger partial charge in [0.1, 0.15) is 0 Å². The topological polar surface area (TPSA) is 46.0 Å². The number of likely N-dealkylation sites (tertiary alicyclic amines) is 1. The maximum atomic E-state index is 4.80. The van der Waals surface area contributed by atoms with E-state index in [-0.39, 0.29) is 0 Å². The Bertz CT molecular complexity index is 609. The number of nitrogens with zero attached hydrogens (tertiary/aromatic N) is 4. The number of pyridine rings is 1. The molecule has 1 N–H and O–H groups in total. The minimum atomic E-state index is 0.545. The van der Waals surface area contributed by atoms with Crippen LogP contribution in [0.1, 0.15) is 31.7 Å². The van der Waals surface area contributed by atoms with Gasteiger partial charge in [-0.3, -0.25) is 9.67 Å². The van der Waals surface area contributed by atoms with E-state index in [1.807, 2.05) is 24.5 Å². The summed E-state index contributed by atoms with van der Waals surface area (Å²) in [7, 11) is 0. The van der Waals surface area contributed by atoms with E-state index in [1.54, 1.807) is 0 Å². The Kier molecular flexibility index (Phi) is 4.39. The molecule has 0 saturated carbocycles. The summed E-state index contributed by atoms with van der Waals surface area (Å²) in [4.78, 5) is 6.77. The third-order valence-corrected chi connectivity index (χ3v) is 5.28. The molecule has 2 fully saturated rings. The van der Waals surface area contributed by atoms with Gasteiger partial charge in [0, 0.05) is 43.3 Å². The van der Waals surface area contributed by atoms with Crippen molar-refractivity contribution in [1.29, 1.82) is 0 Å². The highest BCUT2D eigenvalue weighted by Gasteiger charge is 2.27. The number of hydrogen-bond acceptors (Lipinski definition) is 4. The average Bonchev–Trinajstić information content (AvgIpc) is 3.14. The average molecular weight is 311 g/mol. The maximum Gasteiger partial charge on any atom is 0.0924 e. The van der Waals surface area contributed by atoms with Crippen LogP contribution in [-0.4, -0.2) is 51.9 Å². The molecule has 0 radical (unpaired) electrons. The number of piperidine rings is 2. The smallest absolute Gasteiger partial charge is 0.0924 e. The van der Waals surface area contributed by atoms with E-state index < -0.39 is 0 Å². The van der Waals surface area contributed by atoms with E-state index in [1.165, 1.54) is 51.9 Å². The number of hydrogen-bond donors (Lipinski definition) is 1. The SMILES string of the molecule is c1cc(-c2ccn(C3CCN(C4CCNCC4)CC3)n2)ccn1. The second kappa shape index (κ2) is 6.81. The molecule has 0 atom stereocenters. The van der Waals surface area contributed by atoms with Crippen LogP contribution in [-0.2, 0) is 0 Å². The molecule has 0 amide bonds. The standard InChI is InChI=1S/C18H25N5/c1-8-19-9-2-15(1)18-7-14-23(21-18)17-5-12-22(13-6-17)16-3-10-20-11-4-16/h1-2,7-9,14,16-17,20H,3-6,10-13H2. The summed E-state index contributed by atoms with van der Waals surface area (Å²) < 4.78 is 2.18. The van der Waals surface area contributed by atoms with Crippen molar-refractivity contribution in [2.75, 3.05) is 26.2 Å². The second-order valence-electron chi connectivity index (χ2n) is 6.67. The minimum Gasteiger partial charge on any atom is -0.317 e. The zero-order valence-corrected chi connectivity index (χ0v) is 13.6. The fourth-order valence-electron chi connectivity index (χ4n) is 3.91. The van der Waals surface area contributed by atoms with Crippen LogP contribution in [0.3, 0.4) is 0 Å². The summed E-state index contributed by atoms with van der Waals surface area (Å²) in [6, 6.07) is 7.50. The molecule has 23 heavy (non-hydrogen) atoms. The molecule has 0 unspecified atom stereocenters. The lowest BCUT2D eigenvalue weighted by molar-refractivity contribution is 0.110. The van der Waals surface area contributed by atoms with Gasteiger partial charge in [-0.15, -0.1) is 0 Å². The summed E-state index contributed by atoms with van der Waals surface area (Å²) >= 11 is 0. The van der Waals surface area contributed by atoms with Crippen molar-refractivity contribution in [2.45, 2.75) is 37.8 Å². The van der Waals surface area contributed by atoms with Gasteiger partial charge in [-0.1, -0.05) is 0 Å². The molecule has 0 bridgehead atoms. The molecule has 5 heteroatoms. The van der Waals surface area contributed by atoms with Crippen molar-refractivity contribution < 1.29 is 0 Å². The molecule has 0 aromatic carbocycles. The first-order valence-electron chi connectivity index (χ1n) is 8.80. The summed E-state index contributed by atoms with van der Waals surface area (Å²) in [6.45, 7) is 4.78. The number of rotatable bonds is 3. The molecule has 2 aromatic heterocycles. The van der Waals surface area contributed by atoms with Gasteiger partial charge in [-0.25, -0.2) is 0 Å².